The van der Waals surface area contributed by atoms with Crippen molar-refractivity contribution in [2.75, 3.05) is 29.5 Å². The van der Waals surface area contributed by atoms with Crippen LogP contribution in [-0.2, 0) is 9.84 Å². The first-order valence-corrected chi connectivity index (χ1v) is 7.47. The van der Waals surface area contributed by atoms with Crippen LogP contribution in [0.1, 0.15) is 18.5 Å². The molecule has 1 atom stereocenters. The molecule has 0 aromatic carbocycles. The normalized spacial score (nSPS) is 21.2. The maximum absolute atomic E-state index is 11.4. The molecule has 6 heteroatoms. The first-order chi connectivity index (χ1) is 7.99. The van der Waals surface area contributed by atoms with E-state index in [9.17, 15) is 8.42 Å². The lowest BCUT2D eigenvalue weighted by atomic mass is 10.1. The minimum absolute atomic E-state index is 0.0998. The predicted octanol–water partition coefficient (Wildman–Crippen LogP) is 0.336. The van der Waals surface area contributed by atoms with Gasteiger partial charge in [-0.05, 0) is 13.0 Å². The van der Waals surface area contributed by atoms with Crippen molar-refractivity contribution in [2.45, 2.75) is 13.0 Å². The van der Waals surface area contributed by atoms with E-state index < -0.39 is 9.84 Å². The highest BCUT2D eigenvalue weighted by Gasteiger charge is 2.24. The Morgan fingerprint density at radius 3 is 2.65 bits per heavy atom. The molecule has 17 heavy (non-hydrogen) atoms. The van der Waals surface area contributed by atoms with Crippen LogP contribution in [0, 0.1) is 0 Å². The molecule has 2 heterocycles. The zero-order valence-electron chi connectivity index (χ0n) is 9.83. The molecule has 1 aliphatic rings. The summed E-state index contributed by atoms with van der Waals surface area (Å²) in [6.45, 7) is 2.90. The number of anilines is 1. The highest BCUT2D eigenvalue weighted by atomic mass is 32.2. The van der Waals surface area contributed by atoms with Crippen LogP contribution in [0.4, 0.5) is 5.82 Å². The standard InChI is InChI=1S/C11H17N3O2S/c1-9(12)10-3-2-4-13-11(10)14-5-7-17(15,16)8-6-14/h2-4,9H,5-8,12H2,1H3/t9-/m1/s1. The van der Waals surface area contributed by atoms with Crippen LogP contribution in [0.2, 0.25) is 0 Å². The van der Waals surface area contributed by atoms with Crippen LogP contribution in [-0.4, -0.2) is 38.0 Å². The largest absolute Gasteiger partial charge is 0.354 e. The molecule has 0 unspecified atom stereocenters. The minimum atomic E-state index is -2.86. The van der Waals surface area contributed by atoms with E-state index in [2.05, 4.69) is 4.98 Å². The van der Waals surface area contributed by atoms with Crippen molar-refractivity contribution in [3.63, 3.8) is 0 Å². The van der Waals surface area contributed by atoms with E-state index >= 15 is 0 Å². The van der Waals surface area contributed by atoms with Gasteiger partial charge in [0.25, 0.3) is 0 Å². The van der Waals surface area contributed by atoms with Crippen molar-refractivity contribution in [2.24, 2.45) is 5.73 Å². The second kappa shape index (κ2) is 4.62. The minimum Gasteiger partial charge on any atom is -0.354 e. The molecule has 1 aromatic heterocycles. The Labute approximate surface area is 102 Å². The van der Waals surface area contributed by atoms with Gasteiger partial charge in [-0.25, -0.2) is 13.4 Å². The molecular weight excluding hydrogens is 238 g/mol. The fourth-order valence-electron chi connectivity index (χ4n) is 1.95. The Morgan fingerprint density at radius 2 is 2.06 bits per heavy atom. The van der Waals surface area contributed by atoms with Crippen LogP contribution in [0.25, 0.3) is 0 Å². The molecule has 0 saturated carbocycles. The molecule has 0 amide bonds. The maximum atomic E-state index is 11.4. The highest BCUT2D eigenvalue weighted by Crippen LogP contribution is 2.23. The fourth-order valence-corrected chi connectivity index (χ4v) is 3.15. The quantitative estimate of drug-likeness (QED) is 0.824. The third kappa shape index (κ3) is 2.76. The van der Waals surface area contributed by atoms with Crippen LogP contribution >= 0.6 is 0 Å². The summed E-state index contributed by atoms with van der Waals surface area (Å²) in [5, 5.41) is 0. The molecule has 1 aliphatic heterocycles. The van der Waals surface area contributed by atoms with Crippen LogP contribution < -0.4 is 10.6 Å². The number of rotatable bonds is 2. The second-order valence-electron chi connectivity index (χ2n) is 4.34. The van der Waals surface area contributed by atoms with Crippen molar-refractivity contribution in [3.05, 3.63) is 23.9 Å². The summed E-state index contributed by atoms with van der Waals surface area (Å²) in [5.41, 5.74) is 6.85. The van der Waals surface area contributed by atoms with Gasteiger partial charge in [0.1, 0.15) is 5.82 Å². The Bertz CT molecular complexity index is 485. The average Bonchev–Trinajstić information content (AvgIpc) is 2.29. The smallest absolute Gasteiger partial charge is 0.153 e. The molecule has 0 radical (unpaired) electrons. The van der Waals surface area contributed by atoms with Crippen molar-refractivity contribution < 1.29 is 8.42 Å². The number of sulfone groups is 1. The second-order valence-corrected chi connectivity index (χ2v) is 6.65. The summed E-state index contributed by atoms with van der Waals surface area (Å²) in [6.07, 6.45) is 1.71. The fraction of sp³-hybridized carbons (Fsp3) is 0.545. The van der Waals surface area contributed by atoms with Crippen LogP contribution in [0.3, 0.4) is 0 Å². The number of nitrogens with two attached hydrogens (primary N) is 1. The lowest BCUT2D eigenvalue weighted by Crippen LogP contribution is -2.41. The van der Waals surface area contributed by atoms with Gasteiger partial charge in [0.05, 0.1) is 11.5 Å². The van der Waals surface area contributed by atoms with E-state index in [4.69, 9.17) is 5.73 Å². The van der Waals surface area contributed by atoms with E-state index in [1.807, 2.05) is 24.0 Å². The molecule has 1 fully saturated rings. The molecule has 0 aliphatic carbocycles. The zero-order valence-corrected chi connectivity index (χ0v) is 10.7. The van der Waals surface area contributed by atoms with Crippen molar-refractivity contribution in [3.8, 4) is 0 Å². The maximum Gasteiger partial charge on any atom is 0.153 e. The Balaban J connectivity index is 2.24. The monoisotopic (exact) mass is 255 g/mol. The molecule has 2 rings (SSSR count). The SMILES string of the molecule is C[C@@H](N)c1cccnc1N1CCS(=O)(=O)CC1. The lowest BCUT2D eigenvalue weighted by Gasteiger charge is -2.29. The van der Waals surface area contributed by atoms with E-state index in [0.717, 1.165) is 11.4 Å². The molecule has 0 spiro atoms. The van der Waals surface area contributed by atoms with Gasteiger partial charge >= 0.3 is 0 Å². The molecule has 1 aromatic rings. The Hall–Kier alpha value is -1.14. The number of hydrogen-bond acceptors (Lipinski definition) is 5. The summed E-state index contributed by atoms with van der Waals surface area (Å²) in [7, 11) is -2.86. The summed E-state index contributed by atoms with van der Waals surface area (Å²) in [5.74, 6) is 1.21. The van der Waals surface area contributed by atoms with Crippen LogP contribution in [0.15, 0.2) is 18.3 Å². The van der Waals surface area contributed by atoms with Gasteiger partial charge in [-0.15, -0.1) is 0 Å². The van der Waals surface area contributed by atoms with Gasteiger partial charge in [0.15, 0.2) is 9.84 Å². The third-order valence-electron chi connectivity index (χ3n) is 2.95. The number of hydrogen-bond donors (Lipinski definition) is 1. The van der Waals surface area contributed by atoms with Gasteiger partial charge in [0.2, 0.25) is 0 Å². The molecule has 94 valence electrons. The molecule has 1 saturated heterocycles. The first-order valence-electron chi connectivity index (χ1n) is 5.65. The average molecular weight is 255 g/mol. The number of aromatic nitrogens is 1. The van der Waals surface area contributed by atoms with Gasteiger partial charge in [-0.3, -0.25) is 0 Å². The molecule has 2 N–H and O–H groups in total. The van der Waals surface area contributed by atoms with Crippen molar-refractivity contribution >= 4 is 15.7 Å². The van der Waals surface area contributed by atoms with Gasteiger partial charge in [0, 0.05) is 30.9 Å². The summed E-state index contributed by atoms with van der Waals surface area (Å²) in [6, 6.07) is 3.69. The Kier molecular flexibility index (Phi) is 3.35. The lowest BCUT2D eigenvalue weighted by molar-refractivity contribution is 0.586. The van der Waals surface area contributed by atoms with Crippen molar-refractivity contribution in [1.82, 2.24) is 4.98 Å². The topological polar surface area (TPSA) is 76.3 Å². The molecule has 5 nitrogen and oxygen atoms in total. The van der Waals surface area contributed by atoms with Gasteiger partial charge in [-0.1, -0.05) is 6.07 Å². The molecular formula is C11H17N3O2S. The van der Waals surface area contributed by atoms with Gasteiger partial charge < -0.3 is 10.6 Å². The first kappa shape index (κ1) is 12.3. The van der Waals surface area contributed by atoms with Crippen LogP contribution in [0.5, 0.6) is 0 Å². The van der Waals surface area contributed by atoms with Gasteiger partial charge in [-0.2, -0.15) is 0 Å². The van der Waals surface area contributed by atoms with Crippen molar-refractivity contribution in [1.29, 1.82) is 0 Å². The number of nitrogens with zero attached hydrogens (tertiary/aromatic N) is 2. The van der Waals surface area contributed by atoms with E-state index in [0.29, 0.717) is 13.1 Å². The summed E-state index contributed by atoms with van der Waals surface area (Å²) < 4.78 is 22.7. The molecule has 0 bridgehead atoms. The summed E-state index contributed by atoms with van der Waals surface area (Å²) >= 11 is 0. The highest BCUT2D eigenvalue weighted by molar-refractivity contribution is 7.91. The third-order valence-corrected chi connectivity index (χ3v) is 4.56. The zero-order chi connectivity index (χ0) is 12.5. The van der Waals surface area contributed by atoms with E-state index in [1.54, 1.807) is 6.20 Å². The van der Waals surface area contributed by atoms with E-state index in [-0.39, 0.29) is 17.5 Å². The number of pyridine rings is 1. The predicted molar refractivity (Wildman–Crippen MR) is 67.7 cm³/mol. The summed E-state index contributed by atoms with van der Waals surface area (Å²) in [4.78, 5) is 6.32. The Morgan fingerprint density at radius 1 is 1.41 bits per heavy atom. The van der Waals surface area contributed by atoms with E-state index in [1.165, 1.54) is 0 Å².